The van der Waals surface area contributed by atoms with Gasteiger partial charge in [0.15, 0.2) is 0 Å². The first-order valence-electron chi connectivity index (χ1n) is 13.1. The van der Waals surface area contributed by atoms with Crippen LogP contribution in [-0.4, -0.2) is 62.7 Å². The second kappa shape index (κ2) is 10.3. The van der Waals surface area contributed by atoms with E-state index in [2.05, 4.69) is 51.2 Å². The molecule has 3 heterocycles. The highest BCUT2D eigenvalue weighted by molar-refractivity contribution is 5.82. The number of aryl methyl sites for hydroxylation is 1. The third kappa shape index (κ3) is 5.33. The number of piperidine rings is 1. The molecule has 2 atom stereocenters. The van der Waals surface area contributed by atoms with Gasteiger partial charge in [-0.1, -0.05) is 24.1 Å². The first kappa shape index (κ1) is 24.9. The van der Waals surface area contributed by atoms with Gasteiger partial charge in [0.2, 0.25) is 5.91 Å². The van der Waals surface area contributed by atoms with Crippen LogP contribution in [0.1, 0.15) is 36.0 Å². The van der Waals surface area contributed by atoms with E-state index < -0.39 is 17.7 Å². The molecule has 8 heteroatoms. The summed E-state index contributed by atoms with van der Waals surface area (Å²) in [4.78, 5) is 20.3. The highest BCUT2D eigenvalue weighted by atomic mass is 19.4. The summed E-state index contributed by atoms with van der Waals surface area (Å²) in [5.74, 6) is -0.466. The SMILES string of the molecule is Cc1ccc(N2CCN3c4ccc(C(F)(F)F)cc4CC(C(=O)NCCN4CCCCC4)C3C2)cc1. The number of nitrogens with one attached hydrogen (secondary N) is 1. The molecule has 0 aliphatic carbocycles. The predicted octanol–water partition coefficient (Wildman–Crippen LogP) is 4.48. The molecule has 1 amide bonds. The molecule has 0 spiro atoms. The van der Waals surface area contributed by atoms with Crippen LogP contribution in [0.15, 0.2) is 42.5 Å². The number of piperazine rings is 1. The molecule has 0 radical (unpaired) electrons. The number of alkyl halides is 3. The van der Waals surface area contributed by atoms with Crippen molar-refractivity contribution in [2.24, 2.45) is 5.92 Å². The van der Waals surface area contributed by atoms with Gasteiger partial charge in [0, 0.05) is 44.1 Å². The van der Waals surface area contributed by atoms with Crippen molar-refractivity contribution in [3.8, 4) is 0 Å². The molecule has 194 valence electrons. The highest BCUT2D eigenvalue weighted by Crippen LogP contribution is 2.40. The fourth-order valence-electron chi connectivity index (χ4n) is 5.94. The molecule has 2 fully saturated rings. The van der Waals surface area contributed by atoms with Crippen molar-refractivity contribution in [3.63, 3.8) is 0 Å². The summed E-state index contributed by atoms with van der Waals surface area (Å²) in [5.41, 5.74) is 3.09. The number of hydrogen-bond donors (Lipinski definition) is 1. The number of nitrogens with zero attached hydrogens (tertiary/aromatic N) is 3. The van der Waals surface area contributed by atoms with Crippen molar-refractivity contribution < 1.29 is 18.0 Å². The number of anilines is 2. The molecule has 2 unspecified atom stereocenters. The monoisotopic (exact) mass is 500 g/mol. The Morgan fingerprint density at radius 1 is 1.00 bits per heavy atom. The van der Waals surface area contributed by atoms with Crippen molar-refractivity contribution in [3.05, 3.63) is 59.2 Å². The zero-order valence-electron chi connectivity index (χ0n) is 20.9. The van der Waals surface area contributed by atoms with Gasteiger partial charge in [-0.05, 0) is 75.2 Å². The maximum absolute atomic E-state index is 13.5. The summed E-state index contributed by atoms with van der Waals surface area (Å²) in [7, 11) is 0. The van der Waals surface area contributed by atoms with Gasteiger partial charge in [-0.3, -0.25) is 4.79 Å². The van der Waals surface area contributed by atoms with Gasteiger partial charge in [0.05, 0.1) is 17.5 Å². The maximum atomic E-state index is 13.5. The lowest BCUT2D eigenvalue weighted by Gasteiger charge is -2.49. The topological polar surface area (TPSA) is 38.8 Å². The molecule has 2 saturated heterocycles. The predicted molar refractivity (Wildman–Crippen MR) is 136 cm³/mol. The van der Waals surface area contributed by atoms with Crippen LogP contribution in [0.3, 0.4) is 0 Å². The minimum atomic E-state index is -4.40. The Hall–Kier alpha value is -2.74. The molecule has 2 aromatic carbocycles. The van der Waals surface area contributed by atoms with Crippen LogP contribution in [0.5, 0.6) is 0 Å². The van der Waals surface area contributed by atoms with E-state index in [9.17, 15) is 18.0 Å². The van der Waals surface area contributed by atoms with E-state index in [0.29, 0.717) is 31.6 Å². The van der Waals surface area contributed by atoms with Gasteiger partial charge in [0.1, 0.15) is 0 Å². The Bertz CT molecular complexity index is 1070. The van der Waals surface area contributed by atoms with E-state index in [4.69, 9.17) is 0 Å². The lowest BCUT2D eigenvalue weighted by molar-refractivity contribution is -0.137. The molecule has 3 aliphatic rings. The van der Waals surface area contributed by atoms with Crippen molar-refractivity contribution in [1.82, 2.24) is 10.2 Å². The Morgan fingerprint density at radius 2 is 1.75 bits per heavy atom. The number of fused-ring (bicyclic) bond motifs is 3. The fourth-order valence-corrected chi connectivity index (χ4v) is 5.94. The number of likely N-dealkylation sites (tertiary alicyclic amines) is 1. The minimum absolute atomic E-state index is 0.0594. The average Bonchev–Trinajstić information content (AvgIpc) is 2.88. The van der Waals surface area contributed by atoms with E-state index in [-0.39, 0.29) is 11.9 Å². The van der Waals surface area contributed by atoms with Crippen molar-refractivity contribution in [2.75, 3.05) is 55.6 Å². The molecule has 5 nitrogen and oxygen atoms in total. The number of amides is 1. The minimum Gasteiger partial charge on any atom is -0.368 e. The van der Waals surface area contributed by atoms with Gasteiger partial charge < -0.3 is 20.0 Å². The Balaban J connectivity index is 1.37. The van der Waals surface area contributed by atoms with Gasteiger partial charge in [0.25, 0.3) is 0 Å². The number of carbonyl (C=O) groups is 1. The van der Waals surface area contributed by atoms with Crippen LogP contribution in [0.4, 0.5) is 24.5 Å². The van der Waals surface area contributed by atoms with E-state index >= 15 is 0 Å². The quantitative estimate of drug-likeness (QED) is 0.657. The first-order chi connectivity index (χ1) is 17.3. The molecule has 5 rings (SSSR count). The van der Waals surface area contributed by atoms with E-state index in [0.717, 1.165) is 37.6 Å². The van der Waals surface area contributed by atoms with Crippen LogP contribution >= 0.6 is 0 Å². The molecule has 0 bridgehead atoms. The third-order valence-electron chi connectivity index (χ3n) is 7.95. The van der Waals surface area contributed by atoms with E-state index in [1.54, 1.807) is 6.07 Å². The summed E-state index contributed by atoms with van der Waals surface area (Å²) in [6.45, 7) is 7.64. The fraction of sp³-hybridized carbons (Fsp3) is 0.536. The average molecular weight is 501 g/mol. The van der Waals surface area contributed by atoms with Crippen LogP contribution in [0.2, 0.25) is 0 Å². The summed E-state index contributed by atoms with van der Waals surface area (Å²) in [6, 6.07) is 12.3. The molecule has 0 aromatic heterocycles. The summed E-state index contributed by atoms with van der Waals surface area (Å²) in [5, 5.41) is 3.12. The van der Waals surface area contributed by atoms with E-state index in [1.165, 1.54) is 37.0 Å². The zero-order chi connectivity index (χ0) is 25.3. The molecule has 2 aromatic rings. The normalized spacial score (nSPS) is 22.7. The van der Waals surface area contributed by atoms with Crippen molar-refractivity contribution in [1.29, 1.82) is 0 Å². The molecule has 1 N–H and O–H groups in total. The Morgan fingerprint density at radius 3 is 2.47 bits per heavy atom. The number of hydrogen-bond acceptors (Lipinski definition) is 4. The molecule has 36 heavy (non-hydrogen) atoms. The lowest BCUT2D eigenvalue weighted by Crippen LogP contribution is -2.61. The van der Waals surface area contributed by atoms with Crippen molar-refractivity contribution in [2.45, 2.75) is 44.8 Å². The standard InChI is InChI=1S/C28H35F3N4O/c1-20-5-8-23(9-6-20)34-15-16-35-25-10-7-22(28(29,30)31)17-21(25)18-24(26(35)19-34)27(36)32-11-14-33-12-3-2-4-13-33/h5-10,17,24,26H,2-4,11-16,18-19H2,1H3,(H,32,36). The lowest BCUT2D eigenvalue weighted by atomic mass is 9.82. The first-order valence-corrected chi connectivity index (χ1v) is 13.1. The smallest absolute Gasteiger partial charge is 0.368 e. The van der Waals surface area contributed by atoms with Gasteiger partial charge >= 0.3 is 6.18 Å². The number of carbonyl (C=O) groups excluding carboxylic acids is 1. The van der Waals surface area contributed by atoms with Crippen LogP contribution in [0, 0.1) is 12.8 Å². The zero-order valence-corrected chi connectivity index (χ0v) is 20.9. The van der Waals surface area contributed by atoms with Crippen molar-refractivity contribution >= 4 is 17.3 Å². The summed E-state index contributed by atoms with van der Waals surface area (Å²) < 4.78 is 40.4. The van der Waals surface area contributed by atoms with E-state index in [1.807, 2.05) is 0 Å². The van der Waals surface area contributed by atoms with Crippen LogP contribution in [0.25, 0.3) is 0 Å². The molecular weight excluding hydrogens is 465 g/mol. The molecule has 3 aliphatic heterocycles. The second-order valence-electron chi connectivity index (χ2n) is 10.4. The number of halogens is 3. The number of rotatable bonds is 5. The summed E-state index contributed by atoms with van der Waals surface area (Å²) in [6.07, 6.45) is -0.430. The summed E-state index contributed by atoms with van der Waals surface area (Å²) >= 11 is 0. The molecule has 0 saturated carbocycles. The Labute approximate surface area is 211 Å². The van der Waals surface area contributed by atoms with Crippen LogP contribution < -0.4 is 15.1 Å². The van der Waals surface area contributed by atoms with Gasteiger partial charge in [-0.15, -0.1) is 0 Å². The largest absolute Gasteiger partial charge is 0.416 e. The Kier molecular flexibility index (Phi) is 7.15. The maximum Gasteiger partial charge on any atom is 0.416 e. The van der Waals surface area contributed by atoms with Crippen LogP contribution in [-0.2, 0) is 17.4 Å². The number of benzene rings is 2. The van der Waals surface area contributed by atoms with Gasteiger partial charge in [-0.2, -0.15) is 13.2 Å². The highest BCUT2D eigenvalue weighted by Gasteiger charge is 2.42. The third-order valence-corrected chi connectivity index (χ3v) is 7.95. The second-order valence-corrected chi connectivity index (χ2v) is 10.4. The van der Waals surface area contributed by atoms with Gasteiger partial charge in [-0.25, -0.2) is 0 Å². The molecular formula is C28H35F3N4O.